The molecule has 2 amide bonds. The number of hydrogen-bond acceptors (Lipinski definition) is 4. The lowest BCUT2D eigenvalue weighted by atomic mass is 10.1. The van der Waals surface area contributed by atoms with Crippen LogP contribution in [0.4, 0.5) is 0 Å². The van der Waals surface area contributed by atoms with E-state index in [9.17, 15) is 14.7 Å². The van der Waals surface area contributed by atoms with E-state index in [0.717, 1.165) is 4.88 Å². The second-order valence-electron chi connectivity index (χ2n) is 5.75. The first kappa shape index (κ1) is 18.2. The highest BCUT2D eigenvalue weighted by molar-refractivity contribution is 7.10. The van der Waals surface area contributed by atoms with Crippen LogP contribution in [0.25, 0.3) is 0 Å². The zero-order valence-electron chi connectivity index (χ0n) is 13.6. The molecule has 24 heavy (non-hydrogen) atoms. The maximum absolute atomic E-state index is 11.8. The Kier molecular flexibility index (Phi) is 6.52. The number of nitrogens with one attached hydrogen (secondary N) is 2. The number of thiophene rings is 1. The topological polar surface area (TPSA) is 78.4 Å². The lowest BCUT2D eigenvalue weighted by Gasteiger charge is -2.22. The maximum atomic E-state index is 11.8. The van der Waals surface area contributed by atoms with Gasteiger partial charge in [-0.2, -0.15) is 0 Å². The van der Waals surface area contributed by atoms with Crippen molar-refractivity contribution in [2.45, 2.75) is 25.4 Å². The van der Waals surface area contributed by atoms with Gasteiger partial charge in [-0.3, -0.25) is 9.59 Å². The third-order valence-electron chi connectivity index (χ3n) is 3.58. The number of rotatable bonds is 8. The van der Waals surface area contributed by atoms with Gasteiger partial charge >= 0.3 is 0 Å². The molecule has 2 aromatic rings. The SMILES string of the molecule is CC(O)(CNC(=O)CCCNC(=O)c1ccccc1)c1cccs1. The highest BCUT2D eigenvalue weighted by atomic mass is 32.1. The molecular weight excluding hydrogens is 324 g/mol. The molecule has 3 N–H and O–H groups in total. The quantitative estimate of drug-likeness (QED) is 0.642. The van der Waals surface area contributed by atoms with Crippen molar-refractivity contribution < 1.29 is 14.7 Å². The van der Waals surface area contributed by atoms with E-state index in [2.05, 4.69) is 10.6 Å². The fraction of sp³-hybridized carbons (Fsp3) is 0.333. The van der Waals surface area contributed by atoms with Crippen molar-refractivity contribution in [3.63, 3.8) is 0 Å². The van der Waals surface area contributed by atoms with Gasteiger partial charge in [0.05, 0.1) is 6.54 Å². The van der Waals surface area contributed by atoms with E-state index < -0.39 is 5.60 Å². The molecule has 0 aliphatic carbocycles. The van der Waals surface area contributed by atoms with E-state index in [1.54, 1.807) is 19.1 Å². The summed E-state index contributed by atoms with van der Waals surface area (Å²) in [6, 6.07) is 12.7. The number of amides is 2. The van der Waals surface area contributed by atoms with Gasteiger partial charge in [0.2, 0.25) is 5.91 Å². The molecule has 0 aliphatic rings. The van der Waals surface area contributed by atoms with Crippen LogP contribution in [-0.4, -0.2) is 30.0 Å². The molecule has 0 radical (unpaired) electrons. The van der Waals surface area contributed by atoms with Gasteiger partial charge < -0.3 is 15.7 Å². The van der Waals surface area contributed by atoms with Crippen LogP contribution in [0.3, 0.4) is 0 Å². The lowest BCUT2D eigenvalue weighted by Crippen LogP contribution is -2.38. The fourth-order valence-corrected chi connectivity index (χ4v) is 2.96. The summed E-state index contributed by atoms with van der Waals surface area (Å²) in [5, 5.41) is 17.7. The monoisotopic (exact) mass is 346 g/mol. The second-order valence-corrected chi connectivity index (χ2v) is 6.70. The van der Waals surface area contributed by atoms with Crippen LogP contribution in [0.2, 0.25) is 0 Å². The number of aliphatic hydroxyl groups is 1. The van der Waals surface area contributed by atoms with Gasteiger partial charge in [-0.25, -0.2) is 0 Å². The van der Waals surface area contributed by atoms with Crippen LogP contribution < -0.4 is 10.6 Å². The van der Waals surface area contributed by atoms with Gasteiger partial charge in [-0.1, -0.05) is 24.3 Å². The van der Waals surface area contributed by atoms with Crippen LogP contribution in [0.5, 0.6) is 0 Å². The average molecular weight is 346 g/mol. The summed E-state index contributed by atoms with van der Waals surface area (Å²) in [6.07, 6.45) is 0.848. The van der Waals surface area contributed by atoms with Crippen molar-refractivity contribution in [3.8, 4) is 0 Å². The molecule has 128 valence electrons. The van der Waals surface area contributed by atoms with E-state index in [-0.39, 0.29) is 18.4 Å². The van der Waals surface area contributed by atoms with Crippen LogP contribution in [0.1, 0.15) is 35.0 Å². The highest BCUT2D eigenvalue weighted by Gasteiger charge is 2.24. The summed E-state index contributed by atoms with van der Waals surface area (Å²) < 4.78 is 0. The van der Waals surface area contributed by atoms with Gasteiger partial charge in [0.25, 0.3) is 5.91 Å². The van der Waals surface area contributed by atoms with E-state index in [0.29, 0.717) is 24.9 Å². The average Bonchev–Trinajstić information content (AvgIpc) is 3.13. The first-order valence-electron chi connectivity index (χ1n) is 7.85. The minimum Gasteiger partial charge on any atom is -0.383 e. The van der Waals surface area contributed by atoms with Crippen molar-refractivity contribution >= 4 is 23.2 Å². The number of carbonyl (C=O) groups is 2. The predicted molar refractivity (Wildman–Crippen MR) is 94.9 cm³/mol. The third-order valence-corrected chi connectivity index (χ3v) is 4.71. The molecule has 6 heteroatoms. The normalized spacial score (nSPS) is 13.1. The lowest BCUT2D eigenvalue weighted by molar-refractivity contribution is -0.122. The van der Waals surface area contributed by atoms with Crippen molar-refractivity contribution in [2.24, 2.45) is 0 Å². The Labute approximate surface area is 145 Å². The molecular formula is C18H22N2O3S. The first-order valence-corrected chi connectivity index (χ1v) is 8.73. The molecule has 1 aromatic heterocycles. The van der Waals surface area contributed by atoms with E-state index in [4.69, 9.17) is 0 Å². The molecule has 1 aromatic carbocycles. The Morgan fingerprint density at radius 3 is 2.54 bits per heavy atom. The van der Waals surface area contributed by atoms with Gasteiger partial charge in [-0.05, 0) is 36.9 Å². The zero-order chi connectivity index (χ0) is 17.4. The van der Waals surface area contributed by atoms with E-state index in [1.165, 1.54) is 11.3 Å². The Morgan fingerprint density at radius 2 is 1.88 bits per heavy atom. The van der Waals surface area contributed by atoms with Crippen molar-refractivity contribution in [1.29, 1.82) is 0 Å². The van der Waals surface area contributed by atoms with Gasteiger partial charge in [0, 0.05) is 23.4 Å². The number of benzene rings is 1. The third kappa shape index (κ3) is 5.47. The number of hydrogen-bond donors (Lipinski definition) is 3. The molecule has 0 spiro atoms. The summed E-state index contributed by atoms with van der Waals surface area (Å²) >= 11 is 1.46. The molecule has 2 rings (SSSR count). The Morgan fingerprint density at radius 1 is 1.12 bits per heavy atom. The summed E-state index contributed by atoms with van der Waals surface area (Å²) in [5.74, 6) is -0.280. The van der Waals surface area contributed by atoms with Crippen LogP contribution in [0.15, 0.2) is 47.8 Å². The Hall–Kier alpha value is -2.18. The Bertz CT molecular complexity index is 654. The molecule has 1 atom stereocenters. The summed E-state index contributed by atoms with van der Waals surface area (Å²) in [5.41, 5.74) is -0.459. The largest absolute Gasteiger partial charge is 0.383 e. The molecule has 0 bridgehead atoms. The summed E-state index contributed by atoms with van der Waals surface area (Å²) in [4.78, 5) is 24.5. The minimum absolute atomic E-state index is 0.138. The fourth-order valence-electron chi connectivity index (χ4n) is 2.17. The predicted octanol–water partition coefficient (Wildman–Crippen LogP) is 2.28. The van der Waals surface area contributed by atoms with E-state index >= 15 is 0 Å². The van der Waals surface area contributed by atoms with Crippen molar-refractivity contribution in [3.05, 3.63) is 58.3 Å². The molecule has 1 heterocycles. The second kappa shape index (κ2) is 8.61. The van der Waals surface area contributed by atoms with Gasteiger partial charge in [-0.15, -0.1) is 11.3 Å². The van der Waals surface area contributed by atoms with E-state index in [1.807, 2.05) is 35.7 Å². The zero-order valence-corrected chi connectivity index (χ0v) is 14.4. The minimum atomic E-state index is -1.06. The standard InChI is InChI=1S/C18H22N2O3S/c1-18(23,15-9-6-12-24-15)13-20-16(21)10-5-11-19-17(22)14-7-3-2-4-8-14/h2-4,6-9,12,23H,5,10-11,13H2,1H3,(H,19,22)(H,20,21). The van der Waals surface area contributed by atoms with Crippen molar-refractivity contribution in [1.82, 2.24) is 10.6 Å². The Balaban J connectivity index is 1.64. The summed E-state index contributed by atoms with van der Waals surface area (Å²) in [6.45, 7) is 2.28. The molecule has 0 aliphatic heterocycles. The van der Waals surface area contributed by atoms with Crippen LogP contribution >= 0.6 is 11.3 Å². The first-order chi connectivity index (χ1) is 11.5. The van der Waals surface area contributed by atoms with Gasteiger partial charge in [0.15, 0.2) is 0 Å². The summed E-state index contributed by atoms with van der Waals surface area (Å²) in [7, 11) is 0. The number of carbonyl (C=O) groups excluding carboxylic acids is 2. The van der Waals surface area contributed by atoms with Crippen molar-refractivity contribution in [2.75, 3.05) is 13.1 Å². The molecule has 0 fully saturated rings. The van der Waals surface area contributed by atoms with Crippen LogP contribution in [-0.2, 0) is 10.4 Å². The molecule has 5 nitrogen and oxygen atoms in total. The molecule has 0 saturated heterocycles. The van der Waals surface area contributed by atoms with Gasteiger partial charge in [0.1, 0.15) is 5.60 Å². The maximum Gasteiger partial charge on any atom is 0.251 e. The molecule has 1 unspecified atom stereocenters. The highest BCUT2D eigenvalue weighted by Crippen LogP contribution is 2.24. The smallest absolute Gasteiger partial charge is 0.251 e. The molecule has 0 saturated carbocycles. The van der Waals surface area contributed by atoms with Crippen LogP contribution in [0, 0.1) is 0 Å².